The van der Waals surface area contributed by atoms with Crippen molar-refractivity contribution in [2.45, 2.75) is 13.3 Å². The van der Waals surface area contributed by atoms with Gasteiger partial charge in [0.25, 0.3) is 5.91 Å². The Hall–Kier alpha value is -3.42. The molecule has 1 amide bonds. The highest BCUT2D eigenvalue weighted by molar-refractivity contribution is 7.22. The fourth-order valence-electron chi connectivity index (χ4n) is 3.62. The number of hydrogen-bond donors (Lipinski definition) is 0. The third-order valence-corrected chi connectivity index (χ3v) is 6.27. The summed E-state index contributed by atoms with van der Waals surface area (Å²) >= 11 is 1.50. The van der Waals surface area contributed by atoms with Crippen molar-refractivity contribution < 1.29 is 14.3 Å². The van der Waals surface area contributed by atoms with Gasteiger partial charge in [0.15, 0.2) is 5.13 Å². The molecule has 0 aliphatic rings. The van der Waals surface area contributed by atoms with E-state index in [1.807, 2.05) is 87.7 Å². The van der Waals surface area contributed by atoms with Crippen LogP contribution >= 0.6 is 11.3 Å². The normalized spacial score (nSPS) is 11.1. The van der Waals surface area contributed by atoms with Crippen LogP contribution in [0.5, 0.6) is 17.2 Å². The Labute approximate surface area is 204 Å². The second-order valence-electron chi connectivity index (χ2n) is 8.06. The Morgan fingerprint density at radius 1 is 0.912 bits per heavy atom. The molecule has 0 aliphatic carbocycles. The number of nitrogens with zero attached hydrogens (tertiary/aromatic N) is 3. The van der Waals surface area contributed by atoms with Gasteiger partial charge in [0.2, 0.25) is 0 Å². The number of anilines is 1. The summed E-state index contributed by atoms with van der Waals surface area (Å²) in [6.45, 7) is 3.91. The van der Waals surface area contributed by atoms with Crippen molar-refractivity contribution in [1.29, 1.82) is 0 Å². The molecule has 3 aromatic carbocycles. The number of thiazole rings is 1. The lowest BCUT2D eigenvalue weighted by Crippen LogP contribution is -2.33. The van der Waals surface area contributed by atoms with Crippen LogP contribution in [-0.4, -0.2) is 49.6 Å². The average Bonchev–Trinajstić information content (AvgIpc) is 3.27. The van der Waals surface area contributed by atoms with Gasteiger partial charge < -0.3 is 14.4 Å². The molecule has 0 bridgehead atoms. The molecule has 176 valence electrons. The predicted octanol–water partition coefficient (Wildman–Crippen LogP) is 6.09. The van der Waals surface area contributed by atoms with Crippen LogP contribution in [-0.2, 0) is 0 Å². The molecule has 0 unspecified atom stereocenters. The lowest BCUT2D eigenvalue weighted by Gasteiger charge is -2.22. The van der Waals surface area contributed by atoms with Crippen LogP contribution < -0.4 is 14.4 Å². The highest BCUT2D eigenvalue weighted by Gasteiger charge is 2.25. The summed E-state index contributed by atoms with van der Waals surface area (Å²) in [4.78, 5) is 22.6. The SMILES string of the molecule is CCOc1cccc2sc(N(CCCN(C)C)C(=O)c3ccccc3Oc3ccccc3)nc12. The minimum atomic E-state index is -0.137. The van der Waals surface area contributed by atoms with Crippen molar-refractivity contribution in [2.24, 2.45) is 0 Å². The van der Waals surface area contributed by atoms with Crippen LogP contribution in [0.1, 0.15) is 23.7 Å². The molecular formula is C27H29N3O3S. The standard InChI is InChI=1S/C27H29N3O3S/c1-4-32-23-16-10-17-24-25(23)28-27(34-24)30(19-11-18-29(2)3)26(31)21-14-8-9-15-22(21)33-20-12-6-5-7-13-20/h5-10,12-17H,4,11,18-19H2,1-3H3. The summed E-state index contributed by atoms with van der Waals surface area (Å²) in [5.74, 6) is 1.80. The Kier molecular flexibility index (Phi) is 7.77. The Morgan fingerprint density at radius 2 is 1.65 bits per heavy atom. The largest absolute Gasteiger partial charge is 0.492 e. The first-order chi connectivity index (χ1) is 16.6. The smallest absolute Gasteiger partial charge is 0.263 e. The minimum absolute atomic E-state index is 0.137. The summed E-state index contributed by atoms with van der Waals surface area (Å²) in [6.07, 6.45) is 0.814. The van der Waals surface area contributed by atoms with E-state index in [-0.39, 0.29) is 5.91 Å². The number of ether oxygens (including phenoxy) is 2. The monoisotopic (exact) mass is 475 g/mol. The van der Waals surface area contributed by atoms with Crippen LogP contribution in [0.2, 0.25) is 0 Å². The zero-order chi connectivity index (χ0) is 23.9. The lowest BCUT2D eigenvalue weighted by molar-refractivity contribution is 0.0983. The average molecular weight is 476 g/mol. The van der Waals surface area contributed by atoms with Crippen LogP contribution in [0, 0.1) is 0 Å². The zero-order valence-corrected chi connectivity index (χ0v) is 20.5. The van der Waals surface area contributed by atoms with Crippen molar-refractivity contribution in [3.8, 4) is 17.2 Å². The number of rotatable bonds is 10. The molecule has 4 aromatic rings. The first-order valence-electron chi connectivity index (χ1n) is 11.4. The number of para-hydroxylation sites is 3. The molecule has 0 radical (unpaired) electrons. The second kappa shape index (κ2) is 11.1. The molecule has 0 atom stereocenters. The quantitative estimate of drug-likeness (QED) is 0.278. The number of aromatic nitrogens is 1. The van der Waals surface area contributed by atoms with Crippen LogP contribution in [0.15, 0.2) is 72.8 Å². The van der Waals surface area contributed by atoms with E-state index >= 15 is 0 Å². The molecule has 0 saturated carbocycles. The molecule has 1 aromatic heterocycles. The molecule has 0 fully saturated rings. The summed E-state index contributed by atoms with van der Waals surface area (Å²) in [6, 6.07) is 22.7. The van der Waals surface area contributed by atoms with E-state index in [4.69, 9.17) is 14.5 Å². The van der Waals surface area contributed by atoms with Crippen molar-refractivity contribution in [2.75, 3.05) is 38.7 Å². The molecule has 1 heterocycles. The maximum absolute atomic E-state index is 13.9. The molecule has 4 rings (SSSR count). The van der Waals surface area contributed by atoms with Gasteiger partial charge in [-0.05, 0) is 70.4 Å². The van der Waals surface area contributed by atoms with Gasteiger partial charge in [-0.1, -0.05) is 47.7 Å². The zero-order valence-electron chi connectivity index (χ0n) is 19.7. The summed E-state index contributed by atoms with van der Waals surface area (Å²) < 4.78 is 12.8. The van der Waals surface area contributed by atoms with E-state index in [1.54, 1.807) is 11.0 Å². The lowest BCUT2D eigenvalue weighted by atomic mass is 10.1. The van der Waals surface area contributed by atoms with Gasteiger partial charge in [0, 0.05) is 6.54 Å². The number of carbonyl (C=O) groups excluding carboxylic acids is 1. The molecule has 0 spiro atoms. The Bertz CT molecular complexity index is 1240. The number of hydrogen-bond acceptors (Lipinski definition) is 6. The fourth-order valence-corrected chi connectivity index (χ4v) is 4.63. The molecule has 0 N–H and O–H groups in total. The van der Waals surface area contributed by atoms with E-state index in [2.05, 4.69) is 4.90 Å². The van der Waals surface area contributed by atoms with Crippen molar-refractivity contribution in [1.82, 2.24) is 9.88 Å². The molecule has 0 aliphatic heterocycles. The van der Waals surface area contributed by atoms with Crippen molar-refractivity contribution in [3.05, 3.63) is 78.4 Å². The van der Waals surface area contributed by atoms with E-state index < -0.39 is 0 Å². The van der Waals surface area contributed by atoms with Crippen LogP contribution in [0.25, 0.3) is 10.2 Å². The van der Waals surface area contributed by atoms with E-state index in [0.717, 1.165) is 28.9 Å². The van der Waals surface area contributed by atoms with Gasteiger partial charge in [-0.25, -0.2) is 4.98 Å². The van der Waals surface area contributed by atoms with Gasteiger partial charge in [-0.2, -0.15) is 0 Å². The minimum Gasteiger partial charge on any atom is -0.492 e. The Balaban J connectivity index is 1.70. The summed E-state index contributed by atoms with van der Waals surface area (Å²) in [7, 11) is 4.06. The Morgan fingerprint density at radius 3 is 2.41 bits per heavy atom. The maximum Gasteiger partial charge on any atom is 0.263 e. The van der Waals surface area contributed by atoms with Gasteiger partial charge in [-0.3, -0.25) is 9.69 Å². The third-order valence-electron chi connectivity index (χ3n) is 5.22. The van der Waals surface area contributed by atoms with Gasteiger partial charge in [0.1, 0.15) is 22.8 Å². The van der Waals surface area contributed by atoms with E-state index in [0.29, 0.717) is 35.3 Å². The molecule has 7 heteroatoms. The highest BCUT2D eigenvalue weighted by Crippen LogP contribution is 2.36. The maximum atomic E-state index is 13.9. The summed E-state index contributed by atoms with van der Waals surface area (Å²) in [5, 5.41) is 0.653. The molecule has 0 saturated heterocycles. The van der Waals surface area contributed by atoms with Crippen LogP contribution in [0.4, 0.5) is 5.13 Å². The molecule has 6 nitrogen and oxygen atoms in total. The highest BCUT2D eigenvalue weighted by atomic mass is 32.1. The topological polar surface area (TPSA) is 54.9 Å². The molecular weight excluding hydrogens is 446 g/mol. The number of benzene rings is 3. The first kappa shape index (κ1) is 23.7. The predicted molar refractivity (Wildman–Crippen MR) is 139 cm³/mol. The van der Waals surface area contributed by atoms with Gasteiger partial charge >= 0.3 is 0 Å². The van der Waals surface area contributed by atoms with Gasteiger partial charge in [0.05, 0.1) is 16.9 Å². The number of amides is 1. The molecule has 34 heavy (non-hydrogen) atoms. The number of fused-ring (bicyclic) bond motifs is 1. The second-order valence-corrected chi connectivity index (χ2v) is 9.07. The third kappa shape index (κ3) is 5.55. The summed E-state index contributed by atoms with van der Waals surface area (Å²) in [5.41, 5.74) is 1.28. The van der Waals surface area contributed by atoms with E-state index in [9.17, 15) is 4.79 Å². The first-order valence-corrected chi connectivity index (χ1v) is 12.2. The number of carbonyl (C=O) groups is 1. The van der Waals surface area contributed by atoms with Crippen molar-refractivity contribution >= 4 is 32.6 Å². The fraction of sp³-hybridized carbons (Fsp3) is 0.259. The van der Waals surface area contributed by atoms with Crippen molar-refractivity contribution in [3.63, 3.8) is 0 Å². The van der Waals surface area contributed by atoms with Crippen LogP contribution in [0.3, 0.4) is 0 Å². The van der Waals surface area contributed by atoms with Gasteiger partial charge in [-0.15, -0.1) is 0 Å². The van der Waals surface area contributed by atoms with E-state index in [1.165, 1.54) is 11.3 Å².